The third-order valence-corrected chi connectivity index (χ3v) is 2.24. The van der Waals surface area contributed by atoms with E-state index in [0.717, 1.165) is 0 Å². The summed E-state index contributed by atoms with van der Waals surface area (Å²) < 4.78 is 28.4. The van der Waals surface area contributed by atoms with Gasteiger partial charge in [-0.2, -0.15) is 14.0 Å². The van der Waals surface area contributed by atoms with Gasteiger partial charge in [-0.15, -0.1) is 12.6 Å². The molecule has 1 rings (SSSR count). The van der Waals surface area contributed by atoms with E-state index in [-0.39, 0.29) is 16.0 Å². The van der Waals surface area contributed by atoms with E-state index in [9.17, 15) is 13.6 Å². The van der Waals surface area contributed by atoms with E-state index in [2.05, 4.69) is 17.4 Å². The predicted octanol–water partition coefficient (Wildman–Crippen LogP) is 2.08. The highest BCUT2D eigenvalue weighted by Gasteiger charge is 2.18. The van der Waals surface area contributed by atoms with Gasteiger partial charge in [-0.1, -0.05) is 6.07 Å². The molecular formula is C10H7F2NO3S. The zero-order valence-corrected chi connectivity index (χ0v) is 9.25. The Kier molecular flexibility index (Phi) is 4.29. The van der Waals surface area contributed by atoms with Crippen molar-refractivity contribution in [1.29, 1.82) is 5.26 Å². The van der Waals surface area contributed by atoms with Gasteiger partial charge in [0.15, 0.2) is 5.75 Å². The summed E-state index contributed by atoms with van der Waals surface area (Å²) in [5.74, 6) is -1.57. The van der Waals surface area contributed by atoms with Crippen molar-refractivity contribution in [2.75, 3.05) is 0 Å². The number of rotatable bonds is 4. The monoisotopic (exact) mass is 259 g/mol. The molecule has 1 aromatic rings. The van der Waals surface area contributed by atoms with Gasteiger partial charge in [0, 0.05) is 4.90 Å². The first-order chi connectivity index (χ1) is 7.95. The fourth-order valence-corrected chi connectivity index (χ4v) is 1.49. The van der Waals surface area contributed by atoms with Crippen molar-refractivity contribution in [2.24, 2.45) is 0 Å². The predicted molar refractivity (Wildman–Crippen MR) is 56.4 cm³/mol. The molecule has 90 valence electrons. The van der Waals surface area contributed by atoms with Crippen molar-refractivity contribution in [1.82, 2.24) is 0 Å². The smallest absolute Gasteiger partial charge is 0.387 e. The maximum absolute atomic E-state index is 12.1. The molecule has 1 N–H and O–H groups in total. The highest BCUT2D eigenvalue weighted by Crippen LogP contribution is 2.31. The molecule has 0 heterocycles. The third kappa shape index (κ3) is 3.32. The van der Waals surface area contributed by atoms with Crippen LogP contribution in [0.25, 0.3) is 0 Å². The summed E-state index contributed by atoms with van der Waals surface area (Å²) >= 11 is 3.88. The Morgan fingerprint density at radius 3 is 2.71 bits per heavy atom. The van der Waals surface area contributed by atoms with Crippen LogP contribution in [0.15, 0.2) is 17.0 Å². The molecule has 1 aromatic carbocycles. The molecule has 0 bridgehead atoms. The number of aliphatic carboxylic acids is 1. The van der Waals surface area contributed by atoms with Crippen LogP contribution in [-0.2, 0) is 11.2 Å². The maximum Gasteiger partial charge on any atom is 0.387 e. The second kappa shape index (κ2) is 5.50. The van der Waals surface area contributed by atoms with Crippen LogP contribution in [0.1, 0.15) is 11.1 Å². The summed E-state index contributed by atoms with van der Waals surface area (Å²) in [7, 11) is 0. The lowest BCUT2D eigenvalue weighted by atomic mass is 10.0. The van der Waals surface area contributed by atoms with Crippen molar-refractivity contribution in [3.05, 3.63) is 23.3 Å². The van der Waals surface area contributed by atoms with E-state index in [1.54, 1.807) is 6.07 Å². The molecule has 0 amide bonds. The van der Waals surface area contributed by atoms with Gasteiger partial charge in [0.05, 0.1) is 12.0 Å². The average Bonchev–Trinajstić information content (AvgIpc) is 2.22. The van der Waals surface area contributed by atoms with Crippen LogP contribution >= 0.6 is 12.6 Å². The Hall–Kier alpha value is -1.81. The molecule has 0 aliphatic rings. The first kappa shape index (κ1) is 13.3. The Morgan fingerprint density at radius 1 is 1.59 bits per heavy atom. The largest absolute Gasteiger partial charge is 0.481 e. The Balaban J connectivity index is 3.27. The number of nitrogens with zero attached hydrogens (tertiary/aromatic N) is 1. The summed E-state index contributed by atoms with van der Waals surface area (Å²) in [6.07, 6.45) is -0.448. The summed E-state index contributed by atoms with van der Waals surface area (Å²) in [5, 5.41) is 17.5. The first-order valence-corrected chi connectivity index (χ1v) is 4.82. The van der Waals surface area contributed by atoms with Crippen LogP contribution in [0.4, 0.5) is 8.78 Å². The number of carboxylic acid groups (broad SMARTS) is 1. The highest BCUT2D eigenvalue weighted by molar-refractivity contribution is 7.80. The molecule has 0 saturated heterocycles. The Labute approximate surface area is 101 Å². The third-order valence-electron chi connectivity index (χ3n) is 1.88. The molecule has 17 heavy (non-hydrogen) atoms. The molecule has 0 fully saturated rings. The maximum atomic E-state index is 12.1. The van der Waals surface area contributed by atoms with Crippen LogP contribution < -0.4 is 4.74 Å². The minimum atomic E-state index is -3.10. The fourth-order valence-electron chi connectivity index (χ4n) is 1.25. The van der Waals surface area contributed by atoms with Gasteiger partial charge in [0.1, 0.15) is 6.07 Å². The highest BCUT2D eigenvalue weighted by atomic mass is 32.1. The zero-order valence-electron chi connectivity index (χ0n) is 8.35. The number of benzene rings is 1. The SMILES string of the molecule is N#Cc1c(CC(=O)O)ccc(S)c1OC(F)F. The van der Waals surface area contributed by atoms with E-state index in [1.807, 2.05) is 0 Å². The van der Waals surface area contributed by atoms with Crippen LogP contribution in [0.5, 0.6) is 5.75 Å². The minimum absolute atomic E-state index is 0.0518. The molecule has 4 nitrogen and oxygen atoms in total. The lowest BCUT2D eigenvalue weighted by Gasteiger charge is -2.11. The second-order valence-electron chi connectivity index (χ2n) is 3.01. The van der Waals surface area contributed by atoms with Gasteiger partial charge in [-0.05, 0) is 11.6 Å². The number of halogens is 2. The molecule has 0 aliphatic carbocycles. The topological polar surface area (TPSA) is 70.3 Å². The van der Waals surface area contributed by atoms with Crippen molar-refractivity contribution < 1.29 is 23.4 Å². The minimum Gasteiger partial charge on any atom is -0.481 e. The van der Waals surface area contributed by atoms with Gasteiger partial charge >= 0.3 is 12.6 Å². The van der Waals surface area contributed by atoms with E-state index in [4.69, 9.17) is 10.4 Å². The number of ether oxygens (including phenoxy) is 1. The molecule has 0 unspecified atom stereocenters. The molecular weight excluding hydrogens is 252 g/mol. The van der Waals surface area contributed by atoms with Gasteiger partial charge in [-0.25, -0.2) is 0 Å². The summed E-state index contributed by atoms with van der Waals surface area (Å²) in [6.45, 7) is -3.10. The fraction of sp³-hybridized carbons (Fsp3) is 0.200. The molecule has 0 atom stereocenters. The second-order valence-corrected chi connectivity index (χ2v) is 3.49. The van der Waals surface area contributed by atoms with E-state index in [0.29, 0.717) is 0 Å². The lowest BCUT2D eigenvalue weighted by molar-refractivity contribution is -0.136. The Morgan fingerprint density at radius 2 is 2.24 bits per heavy atom. The van der Waals surface area contributed by atoms with Crippen molar-refractivity contribution in [3.63, 3.8) is 0 Å². The lowest BCUT2D eigenvalue weighted by Crippen LogP contribution is -2.08. The molecule has 0 saturated carbocycles. The van der Waals surface area contributed by atoms with Gasteiger partial charge < -0.3 is 9.84 Å². The number of thiol groups is 1. The van der Waals surface area contributed by atoms with Crippen molar-refractivity contribution >= 4 is 18.6 Å². The Bertz CT molecular complexity index is 485. The molecule has 7 heteroatoms. The summed E-state index contributed by atoms with van der Waals surface area (Å²) in [5.41, 5.74) is -0.131. The number of hydrogen-bond donors (Lipinski definition) is 2. The summed E-state index contributed by atoms with van der Waals surface area (Å²) in [6, 6.07) is 4.29. The molecule has 0 aromatic heterocycles. The standard InChI is InChI=1S/C10H7F2NO3S/c11-10(12)16-9-6(4-13)5(3-8(14)15)1-2-7(9)17/h1-2,10,17H,3H2,(H,14,15). The summed E-state index contributed by atoms with van der Waals surface area (Å²) in [4.78, 5) is 10.6. The van der Waals surface area contributed by atoms with Crippen LogP contribution in [0.2, 0.25) is 0 Å². The number of hydrogen-bond acceptors (Lipinski definition) is 4. The number of alkyl halides is 2. The first-order valence-electron chi connectivity index (χ1n) is 4.37. The number of carbonyl (C=O) groups is 1. The average molecular weight is 259 g/mol. The quantitative estimate of drug-likeness (QED) is 0.812. The van der Waals surface area contributed by atoms with Crippen LogP contribution in [-0.4, -0.2) is 17.7 Å². The van der Waals surface area contributed by atoms with E-state index in [1.165, 1.54) is 12.1 Å². The van der Waals surface area contributed by atoms with Gasteiger partial charge in [0.25, 0.3) is 0 Å². The van der Waals surface area contributed by atoms with Gasteiger partial charge in [-0.3, -0.25) is 4.79 Å². The van der Waals surface area contributed by atoms with Crippen molar-refractivity contribution in [3.8, 4) is 11.8 Å². The van der Waals surface area contributed by atoms with Crippen LogP contribution in [0.3, 0.4) is 0 Å². The van der Waals surface area contributed by atoms with Crippen molar-refractivity contribution in [2.45, 2.75) is 17.9 Å². The molecule has 0 aliphatic heterocycles. The molecule has 0 spiro atoms. The van der Waals surface area contributed by atoms with Gasteiger partial charge in [0.2, 0.25) is 0 Å². The number of nitriles is 1. The van der Waals surface area contributed by atoms with Crippen LogP contribution in [0, 0.1) is 11.3 Å². The normalized spacial score (nSPS) is 10.1. The zero-order chi connectivity index (χ0) is 13.0. The van der Waals surface area contributed by atoms with E-state index < -0.39 is 24.8 Å². The van der Waals surface area contributed by atoms with E-state index >= 15 is 0 Å². The number of carboxylic acids is 1. The molecule has 0 radical (unpaired) electrons.